The number of aromatic nitrogens is 1. The Morgan fingerprint density at radius 3 is 2.42 bits per heavy atom. The van der Waals surface area contributed by atoms with Gasteiger partial charge in [-0.25, -0.2) is 4.79 Å². The van der Waals surface area contributed by atoms with E-state index in [4.69, 9.17) is 0 Å². The fourth-order valence-corrected chi connectivity index (χ4v) is 2.49. The fraction of sp³-hybridized carbons (Fsp3) is 0.600. The smallest absolute Gasteiger partial charge is 0.408 e. The molecule has 1 saturated carbocycles. The van der Waals surface area contributed by atoms with Crippen LogP contribution in [0.2, 0.25) is 0 Å². The van der Waals surface area contributed by atoms with Crippen molar-refractivity contribution in [3.05, 3.63) is 29.6 Å². The quantitative estimate of drug-likeness (QED) is 0.901. The summed E-state index contributed by atoms with van der Waals surface area (Å²) in [6.07, 6.45) is 3.49. The van der Waals surface area contributed by atoms with E-state index in [2.05, 4.69) is 11.1 Å². The van der Waals surface area contributed by atoms with E-state index in [9.17, 15) is 9.90 Å². The lowest BCUT2D eigenvalue weighted by atomic mass is 10.0. The van der Waals surface area contributed by atoms with Gasteiger partial charge in [0.2, 0.25) is 0 Å². The third-order valence-corrected chi connectivity index (χ3v) is 3.60. The lowest BCUT2D eigenvalue weighted by Crippen LogP contribution is -2.46. The predicted molar refractivity (Wildman–Crippen MR) is 74.2 cm³/mol. The highest BCUT2D eigenvalue weighted by Gasteiger charge is 2.32. The van der Waals surface area contributed by atoms with Crippen LogP contribution < -0.4 is 0 Å². The van der Waals surface area contributed by atoms with Crippen LogP contribution in [0.15, 0.2) is 18.3 Å². The van der Waals surface area contributed by atoms with Crippen LogP contribution >= 0.6 is 0 Å². The Kier molecular flexibility index (Phi) is 3.52. The molecule has 19 heavy (non-hydrogen) atoms. The Morgan fingerprint density at radius 2 is 2.05 bits per heavy atom. The topological polar surface area (TPSA) is 53.4 Å². The van der Waals surface area contributed by atoms with E-state index in [1.165, 1.54) is 23.3 Å². The highest BCUT2D eigenvalue weighted by Crippen LogP contribution is 2.40. The molecule has 0 aromatic carbocycles. The number of amides is 1. The van der Waals surface area contributed by atoms with Gasteiger partial charge >= 0.3 is 6.09 Å². The monoisotopic (exact) mass is 262 g/mol. The molecule has 0 spiro atoms. The molecule has 0 saturated heterocycles. The molecule has 2 rings (SSSR count). The highest BCUT2D eigenvalue weighted by atomic mass is 16.4. The van der Waals surface area contributed by atoms with E-state index < -0.39 is 11.6 Å². The molecule has 4 nitrogen and oxygen atoms in total. The van der Waals surface area contributed by atoms with Crippen LogP contribution in [-0.4, -0.2) is 26.6 Å². The number of rotatable bonds is 3. The zero-order chi connectivity index (χ0) is 14.2. The zero-order valence-corrected chi connectivity index (χ0v) is 12.1. The Bertz CT molecular complexity index is 458. The van der Waals surface area contributed by atoms with Gasteiger partial charge in [-0.3, -0.25) is 9.88 Å². The summed E-state index contributed by atoms with van der Waals surface area (Å²) in [4.78, 5) is 17.3. The molecule has 0 aliphatic heterocycles. The van der Waals surface area contributed by atoms with Crippen LogP contribution in [0.3, 0.4) is 0 Å². The van der Waals surface area contributed by atoms with Crippen LogP contribution in [0.1, 0.15) is 63.8 Å². The molecule has 0 bridgehead atoms. The van der Waals surface area contributed by atoms with Crippen molar-refractivity contribution in [2.45, 2.75) is 58.0 Å². The molecule has 1 atom stereocenters. The van der Waals surface area contributed by atoms with Gasteiger partial charge < -0.3 is 5.11 Å². The number of nitrogens with zero attached hydrogens (tertiary/aromatic N) is 2. The van der Waals surface area contributed by atoms with Gasteiger partial charge in [0.15, 0.2) is 0 Å². The minimum Gasteiger partial charge on any atom is -0.465 e. The van der Waals surface area contributed by atoms with Crippen molar-refractivity contribution in [3.63, 3.8) is 0 Å². The van der Waals surface area contributed by atoms with Gasteiger partial charge in [-0.2, -0.15) is 0 Å². The summed E-state index contributed by atoms with van der Waals surface area (Å²) in [6, 6.07) is 3.80. The molecule has 1 aliphatic carbocycles. The highest BCUT2D eigenvalue weighted by molar-refractivity contribution is 5.66. The van der Waals surface area contributed by atoms with Gasteiger partial charge in [-0.15, -0.1) is 0 Å². The molecule has 1 amide bonds. The van der Waals surface area contributed by atoms with Gasteiger partial charge in [-0.05, 0) is 58.1 Å². The fourth-order valence-electron chi connectivity index (χ4n) is 2.49. The largest absolute Gasteiger partial charge is 0.465 e. The van der Waals surface area contributed by atoms with Crippen molar-refractivity contribution in [2.75, 3.05) is 0 Å². The standard InChI is InChI=1S/C15H22N2O2/c1-10(17(14(18)19)15(2,3)4)13-8-7-12(9-16-13)11-5-6-11/h7-11H,5-6H2,1-4H3,(H,18,19)/t10-/m0/s1. The Labute approximate surface area is 114 Å². The molecule has 1 fully saturated rings. The number of pyridine rings is 1. The summed E-state index contributed by atoms with van der Waals surface area (Å²) in [7, 11) is 0. The van der Waals surface area contributed by atoms with Gasteiger partial charge in [0, 0.05) is 11.7 Å². The van der Waals surface area contributed by atoms with Crippen LogP contribution in [0.5, 0.6) is 0 Å². The van der Waals surface area contributed by atoms with Crippen LogP contribution in [0.25, 0.3) is 0 Å². The summed E-state index contributed by atoms with van der Waals surface area (Å²) in [6.45, 7) is 7.58. The molecule has 1 aliphatic rings. The van der Waals surface area contributed by atoms with E-state index in [0.29, 0.717) is 5.92 Å². The second-order valence-electron chi connectivity index (χ2n) is 6.29. The molecule has 1 heterocycles. The van der Waals surface area contributed by atoms with Crippen molar-refractivity contribution >= 4 is 6.09 Å². The number of hydrogen-bond acceptors (Lipinski definition) is 2. The van der Waals surface area contributed by atoms with E-state index >= 15 is 0 Å². The van der Waals surface area contributed by atoms with E-state index in [1.807, 2.05) is 40.0 Å². The van der Waals surface area contributed by atoms with Crippen LogP contribution in [0.4, 0.5) is 4.79 Å². The minimum atomic E-state index is -0.909. The third-order valence-electron chi connectivity index (χ3n) is 3.60. The van der Waals surface area contributed by atoms with E-state index in [1.54, 1.807) is 0 Å². The number of carbonyl (C=O) groups is 1. The minimum absolute atomic E-state index is 0.245. The Hall–Kier alpha value is -1.58. The average Bonchev–Trinajstić information content (AvgIpc) is 3.10. The van der Waals surface area contributed by atoms with Gasteiger partial charge in [0.1, 0.15) is 0 Å². The lowest BCUT2D eigenvalue weighted by Gasteiger charge is -2.37. The summed E-state index contributed by atoms with van der Waals surface area (Å²) in [5.74, 6) is 0.676. The summed E-state index contributed by atoms with van der Waals surface area (Å²) in [5, 5.41) is 9.39. The Balaban J connectivity index is 2.20. The first-order valence-corrected chi connectivity index (χ1v) is 6.79. The molecule has 1 N–H and O–H groups in total. The maximum Gasteiger partial charge on any atom is 0.408 e. The maximum atomic E-state index is 11.4. The van der Waals surface area contributed by atoms with Crippen LogP contribution in [0, 0.1) is 0 Å². The zero-order valence-electron chi connectivity index (χ0n) is 12.1. The van der Waals surface area contributed by atoms with Crippen molar-refractivity contribution < 1.29 is 9.90 Å². The summed E-state index contributed by atoms with van der Waals surface area (Å²) >= 11 is 0. The molecule has 0 unspecified atom stereocenters. The number of hydrogen-bond donors (Lipinski definition) is 1. The van der Waals surface area contributed by atoms with Crippen molar-refractivity contribution in [3.8, 4) is 0 Å². The third kappa shape index (κ3) is 3.06. The summed E-state index contributed by atoms with van der Waals surface area (Å²) < 4.78 is 0. The normalized spacial score (nSPS) is 17.1. The first-order valence-electron chi connectivity index (χ1n) is 6.79. The van der Waals surface area contributed by atoms with Crippen molar-refractivity contribution in [1.82, 2.24) is 9.88 Å². The van der Waals surface area contributed by atoms with Gasteiger partial charge in [-0.1, -0.05) is 6.07 Å². The molecule has 104 valence electrons. The first kappa shape index (κ1) is 13.8. The SMILES string of the molecule is C[C@@H](c1ccc(C2CC2)cn1)N(C(=O)O)C(C)(C)C. The molecule has 0 radical (unpaired) electrons. The Morgan fingerprint density at radius 1 is 1.42 bits per heavy atom. The van der Waals surface area contributed by atoms with Gasteiger partial charge in [0.25, 0.3) is 0 Å². The second kappa shape index (κ2) is 4.83. The maximum absolute atomic E-state index is 11.4. The van der Waals surface area contributed by atoms with E-state index in [-0.39, 0.29) is 6.04 Å². The predicted octanol–water partition coefficient (Wildman–Crippen LogP) is 3.80. The lowest BCUT2D eigenvalue weighted by molar-refractivity contribution is 0.0740. The van der Waals surface area contributed by atoms with Crippen LogP contribution in [-0.2, 0) is 0 Å². The molecular weight excluding hydrogens is 240 g/mol. The van der Waals surface area contributed by atoms with Gasteiger partial charge in [0.05, 0.1) is 11.7 Å². The molecule has 1 aromatic rings. The van der Waals surface area contributed by atoms with Crippen molar-refractivity contribution in [2.24, 2.45) is 0 Å². The summed E-state index contributed by atoms with van der Waals surface area (Å²) in [5.41, 5.74) is 1.64. The molecule has 4 heteroatoms. The molecular formula is C15H22N2O2. The second-order valence-corrected chi connectivity index (χ2v) is 6.29. The number of carboxylic acid groups (broad SMARTS) is 1. The first-order chi connectivity index (χ1) is 8.80. The van der Waals surface area contributed by atoms with E-state index in [0.717, 1.165) is 5.69 Å². The molecule has 1 aromatic heterocycles. The van der Waals surface area contributed by atoms with Crippen molar-refractivity contribution in [1.29, 1.82) is 0 Å². The average molecular weight is 262 g/mol.